The fourth-order valence-electron chi connectivity index (χ4n) is 2.89. The van der Waals surface area contributed by atoms with E-state index in [0.717, 1.165) is 6.92 Å². The van der Waals surface area contributed by atoms with E-state index in [1.807, 2.05) is 0 Å². The Morgan fingerprint density at radius 2 is 0.829 bits per heavy atom. The van der Waals surface area contributed by atoms with Gasteiger partial charge in [0.15, 0.2) is 17.4 Å². The first kappa shape index (κ1) is 37.1. The molecule has 0 saturated carbocycles. The molecule has 0 radical (unpaired) electrons. The van der Waals surface area contributed by atoms with Crippen LogP contribution in [0, 0.1) is 30.2 Å². The van der Waals surface area contributed by atoms with Gasteiger partial charge in [0.05, 0.1) is 112 Å². The highest BCUT2D eigenvalue weighted by Crippen LogP contribution is 2.30. The highest BCUT2D eigenvalue weighted by atomic mass is 19.2. The Labute approximate surface area is 237 Å². The zero-order valence-corrected chi connectivity index (χ0v) is 23.4. The van der Waals surface area contributed by atoms with Crippen LogP contribution in [0.3, 0.4) is 0 Å². The van der Waals surface area contributed by atoms with Crippen LogP contribution in [-0.4, -0.2) is 118 Å². The highest BCUT2D eigenvalue weighted by molar-refractivity contribution is 5.73. The van der Waals surface area contributed by atoms with Crippen molar-refractivity contribution in [1.82, 2.24) is 0 Å². The van der Waals surface area contributed by atoms with E-state index in [-0.39, 0.29) is 26.2 Å². The van der Waals surface area contributed by atoms with E-state index in [9.17, 15) is 22.4 Å². The number of esters is 1. The minimum absolute atomic E-state index is 0.0962. The molecule has 238 valence electrons. The lowest BCUT2D eigenvalue weighted by Crippen LogP contribution is -2.16. The number of rotatable bonds is 27. The molecule has 0 aliphatic rings. The lowest BCUT2D eigenvalue weighted by Gasteiger charge is -2.11. The van der Waals surface area contributed by atoms with Gasteiger partial charge in [-0.25, -0.2) is 13.2 Å². The van der Waals surface area contributed by atoms with E-state index >= 15 is 0 Å². The summed E-state index contributed by atoms with van der Waals surface area (Å²) in [6.07, 6.45) is -0.316. The Hall–Kier alpha value is -1.95. The van der Waals surface area contributed by atoms with E-state index in [1.165, 1.54) is 0 Å². The van der Waals surface area contributed by atoms with Crippen LogP contribution in [0.25, 0.3) is 0 Å². The van der Waals surface area contributed by atoms with E-state index in [1.54, 1.807) is 0 Å². The third-order valence-electron chi connectivity index (χ3n) is 4.98. The van der Waals surface area contributed by atoms with Crippen LogP contribution in [-0.2, 0) is 42.7 Å². The molecule has 1 rings (SSSR count). The molecule has 0 aromatic heterocycles. The van der Waals surface area contributed by atoms with Gasteiger partial charge in [-0.2, -0.15) is 4.39 Å². The van der Waals surface area contributed by atoms with Gasteiger partial charge in [-0.3, -0.25) is 4.79 Å². The third kappa shape index (κ3) is 17.6. The summed E-state index contributed by atoms with van der Waals surface area (Å²) in [6.45, 7) is 7.58. The van der Waals surface area contributed by atoms with Crippen molar-refractivity contribution in [2.45, 2.75) is 13.3 Å². The number of hydrogen-bond donors (Lipinski definition) is 1. The Morgan fingerprint density at radius 1 is 0.512 bits per heavy atom. The maximum atomic E-state index is 13.7. The molecular formula is C26H41F4NO10. The predicted molar refractivity (Wildman–Crippen MR) is 137 cm³/mol. The van der Waals surface area contributed by atoms with Crippen LogP contribution in [0.2, 0.25) is 0 Å². The zero-order valence-electron chi connectivity index (χ0n) is 23.4. The first-order valence-electron chi connectivity index (χ1n) is 13.2. The summed E-state index contributed by atoms with van der Waals surface area (Å²) in [4.78, 5) is 11.8. The summed E-state index contributed by atoms with van der Waals surface area (Å²) >= 11 is 0. The van der Waals surface area contributed by atoms with Gasteiger partial charge in [-0.15, -0.1) is 0 Å². The quantitative estimate of drug-likeness (QED) is 0.0396. The molecule has 0 fully saturated rings. The summed E-state index contributed by atoms with van der Waals surface area (Å²) in [7, 11) is 0. The molecular weight excluding hydrogens is 562 g/mol. The normalized spacial score (nSPS) is 11.4. The fourth-order valence-corrected chi connectivity index (χ4v) is 2.89. The molecule has 11 nitrogen and oxygen atoms in total. The summed E-state index contributed by atoms with van der Waals surface area (Å²) in [6, 6.07) is 0. The van der Waals surface area contributed by atoms with E-state index in [0.29, 0.717) is 92.4 Å². The Kier molecular flexibility index (Phi) is 22.3. The number of ether oxygens (including phenoxy) is 9. The smallest absolute Gasteiger partial charge is 0.313 e. The number of hydrogen-bond acceptors (Lipinski definition) is 11. The van der Waals surface area contributed by atoms with Crippen LogP contribution in [0.15, 0.2) is 0 Å². The number of carbonyl (C=O) groups excluding carboxylic acids is 1. The fraction of sp³-hybridized carbons (Fsp3) is 0.731. The van der Waals surface area contributed by atoms with E-state index in [4.69, 9.17) is 43.6 Å². The highest BCUT2D eigenvalue weighted by Gasteiger charge is 2.25. The Morgan fingerprint density at radius 3 is 1.20 bits per heavy atom. The van der Waals surface area contributed by atoms with Crippen molar-refractivity contribution >= 4 is 5.97 Å². The SMILES string of the molecule is Cc1c(F)c(F)c(F)c(F)c1OC(=O)CCOCCOCCOCCOCCOCCOCCOCCOCCN. The molecule has 0 saturated heterocycles. The summed E-state index contributed by atoms with van der Waals surface area (Å²) < 4.78 is 101. The second-order valence-corrected chi connectivity index (χ2v) is 8.12. The molecule has 0 amide bonds. The summed E-state index contributed by atoms with van der Waals surface area (Å²) in [5.74, 6) is -9.41. The lowest BCUT2D eigenvalue weighted by atomic mass is 10.2. The van der Waals surface area contributed by atoms with Crippen molar-refractivity contribution in [3.63, 3.8) is 0 Å². The number of benzene rings is 1. The van der Waals surface area contributed by atoms with Crippen LogP contribution >= 0.6 is 0 Å². The van der Waals surface area contributed by atoms with Gasteiger partial charge < -0.3 is 48.4 Å². The molecule has 1 aromatic carbocycles. The molecule has 0 unspecified atom stereocenters. The van der Waals surface area contributed by atoms with Gasteiger partial charge >= 0.3 is 5.97 Å². The predicted octanol–water partition coefficient (Wildman–Crippen LogP) is 1.94. The molecule has 1 aromatic rings. The first-order chi connectivity index (χ1) is 19.9. The van der Waals surface area contributed by atoms with Gasteiger partial charge in [-0.1, -0.05) is 0 Å². The van der Waals surface area contributed by atoms with Crippen LogP contribution in [0.1, 0.15) is 12.0 Å². The van der Waals surface area contributed by atoms with Crippen molar-refractivity contribution in [3.8, 4) is 5.75 Å². The molecule has 0 spiro atoms. The number of carbonyl (C=O) groups is 1. The molecule has 0 bridgehead atoms. The van der Waals surface area contributed by atoms with Crippen LogP contribution < -0.4 is 10.5 Å². The molecule has 0 aliphatic heterocycles. The molecule has 0 atom stereocenters. The molecule has 15 heteroatoms. The molecule has 2 N–H and O–H groups in total. The minimum Gasteiger partial charge on any atom is -0.423 e. The maximum absolute atomic E-state index is 13.7. The van der Waals surface area contributed by atoms with Gasteiger partial charge in [0.25, 0.3) is 0 Å². The molecule has 0 aliphatic carbocycles. The number of nitrogens with two attached hydrogens (primary N) is 1. The molecule has 41 heavy (non-hydrogen) atoms. The standard InChI is InChI=1S/C26H41F4NO10/c1-20-22(27)23(28)24(29)25(30)26(20)41-21(32)2-4-33-6-8-35-10-12-37-14-16-39-18-19-40-17-15-38-13-11-36-9-7-34-5-3-31/h2-19,31H2,1H3. The van der Waals surface area contributed by atoms with Gasteiger partial charge in [0.1, 0.15) is 0 Å². The monoisotopic (exact) mass is 603 g/mol. The van der Waals surface area contributed by atoms with Crippen LogP contribution in [0.4, 0.5) is 17.6 Å². The van der Waals surface area contributed by atoms with Gasteiger partial charge in [0, 0.05) is 12.1 Å². The minimum atomic E-state index is -2.05. The van der Waals surface area contributed by atoms with Crippen molar-refractivity contribution < 1.29 is 65.0 Å². The first-order valence-corrected chi connectivity index (χ1v) is 13.2. The van der Waals surface area contributed by atoms with Crippen molar-refractivity contribution in [2.24, 2.45) is 5.73 Å². The largest absolute Gasteiger partial charge is 0.423 e. The average molecular weight is 604 g/mol. The Balaban J connectivity index is 1.83. The summed E-state index contributed by atoms with van der Waals surface area (Å²) in [5.41, 5.74) is 4.66. The Bertz CT molecular complexity index is 809. The van der Waals surface area contributed by atoms with Crippen molar-refractivity contribution in [3.05, 3.63) is 28.8 Å². The second-order valence-electron chi connectivity index (χ2n) is 8.12. The zero-order chi connectivity index (χ0) is 30.1. The van der Waals surface area contributed by atoms with E-state index in [2.05, 4.69) is 4.74 Å². The van der Waals surface area contributed by atoms with Crippen molar-refractivity contribution in [1.29, 1.82) is 0 Å². The van der Waals surface area contributed by atoms with E-state index < -0.39 is 40.6 Å². The van der Waals surface area contributed by atoms with Crippen LogP contribution in [0.5, 0.6) is 5.75 Å². The van der Waals surface area contributed by atoms with Crippen molar-refractivity contribution in [2.75, 3.05) is 112 Å². The average Bonchev–Trinajstić information content (AvgIpc) is 2.97. The maximum Gasteiger partial charge on any atom is 0.313 e. The molecule has 0 heterocycles. The second kappa shape index (κ2) is 24.6. The summed E-state index contributed by atoms with van der Waals surface area (Å²) in [5, 5.41) is 0. The lowest BCUT2D eigenvalue weighted by molar-refractivity contribution is -0.136. The third-order valence-corrected chi connectivity index (χ3v) is 4.98. The topological polar surface area (TPSA) is 126 Å². The van der Waals surface area contributed by atoms with Gasteiger partial charge in [-0.05, 0) is 6.92 Å². The van der Waals surface area contributed by atoms with Gasteiger partial charge in [0.2, 0.25) is 11.6 Å². The number of halogens is 4.